The summed E-state index contributed by atoms with van der Waals surface area (Å²) >= 11 is 1.85. The lowest BCUT2D eigenvalue weighted by atomic mass is 10.1. The molecule has 0 bridgehead atoms. The van der Waals surface area contributed by atoms with E-state index in [4.69, 9.17) is 0 Å². The van der Waals surface area contributed by atoms with Crippen LogP contribution in [0.5, 0.6) is 0 Å². The number of hydrogen-bond donors (Lipinski definition) is 0. The summed E-state index contributed by atoms with van der Waals surface area (Å²) in [6.45, 7) is 10.0. The van der Waals surface area contributed by atoms with Crippen molar-refractivity contribution in [3.8, 4) is 0 Å². The van der Waals surface area contributed by atoms with Crippen LogP contribution in [0.2, 0.25) is 0 Å². The van der Waals surface area contributed by atoms with Crippen molar-refractivity contribution < 1.29 is 4.79 Å². The van der Waals surface area contributed by atoms with E-state index in [2.05, 4.69) is 60.9 Å². The van der Waals surface area contributed by atoms with Crippen molar-refractivity contribution in [2.45, 2.75) is 33.1 Å². The van der Waals surface area contributed by atoms with Gasteiger partial charge in [0.05, 0.1) is 0 Å². The zero-order valence-electron chi connectivity index (χ0n) is 15.3. The first-order chi connectivity index (χ1) is 12.0. The van der Waals surface area contributed by atoms with Crippen molar-refractivity contribution in [1.82, 2.24) is 4.90 Å². The Morgan fingerprint density at radius 1 is 1.04 bits per heavy atom. The first kappa shape index (κ1) is 16.6. The summed E-state index contributed by atoms with van der Waals surface area (Å²) in [6, 6.07) is 11.0. The average molecular weight is 355 g/mol. The van der Waals surface area contributed by atoms with Gasteiger partial charge in [-0.25, -0.2) is 0 Å². The summed E-state index contributed by atoms with van der Waals surface area (Å²) in [6.07, 6.45) is 1.04. The molecule has 2 aliphatic rings. The van der Waals surface area contributed by atoms with E-state index < -0.39 is 0 Å². The van der Waals surface area contributed by atoms with Crippen molar-refractivity contribution in [2.24, 2.45) is 5.92 Å². The van der Waals surface area contributed by atoms with Crippen molar-refractivity contribution in [2.75, 3.05) is 31.1 Å². The molecule has 1 amide bonds. The number of nitrogens with zero attached hydrogens (tertiary/aromatic N) is 2. The van der Waals surface area contributed by atoms with Crippen molar-refractivity contribution >= 4 is 22.9 Å². The van der Waals surface area contributed by atoms with Gasteiger partial charge >= 0.3 is 0 Å². The van der Waals surface area contributed by atoms with E-state index in [1.807, 2.05) is 11.3 Å². The normalized spacial score (nSPS) is 23.0. The van der Waals surface area contributed by atoms with Gasteiger partial charge in [0.1, 0.15) is 0 Å². The Bertz CT molecular complexity index is 789. The molecule has 2 fully saturated rings. The first-order valence-electron chi connectivity index (χ1n) is 9.20. The number of rotatable bonds is 3. The lowest BCUT2D eigenvalue weighted by Crippen LogP contribution is -2.49. The van der Waals surface area contributed by atoms with E-state index in [1.165, 1.54) is 26.6 Å². The van der Waals surface area contributed by atoms with Gasteiger partial charge in [0, 0.05) is 53.5 Å². The Morgan fingerprint density at radius 3 is 2.48 bits per heavy atom. The van der Waals surface area contributed by atoms with E-state index in [0.29, 0.717) is 11.8 Å². The Balaban J connectivity index is 1.36. The van der Waals surface area contributed by atoms with Crippen LogP contribution in [0, 0.1) is 26.7 Å². The standard InChI is InChI=1S/C21H26N2OS/c1-14-4-5-15(2)19(12-14)22-8-10-23(11-9-22)21(24)18-13-17(18)20-7-6-16(3)25-20/h4-7,12,17-18H,8-11,13H2,1-3H3/t17?,18-/m0/s1. The number of hydrogen-bond acceptors (Lipinski definition) is 3. The molecule has 0 N–H and O–H groups in total. The molecule has 1 saturated carbocycles. The van der Waals surface area contributed by atoms with Crippen LogP contribution < -0.4 is 4.90 Å². The fraction of sp³-hybridized carbons (Fsp3) is 0.476. The fourth-order valence-electron chi connectivity index (χ4n) is 3.90. The van der Waals surface area contributed by atoms with Crippen LogP contribution >= 0.6 is 11.3 Å². The highest BCUT2D eigenvalue weighted by Crippen LogP contribution is 2.50. The van der Waals surface area contributed by atoms with E-state index >= 15 is 0 Å². The van der Waals surface area contributed by atoms with Gasteiger partial charge in [0.15, 0.2) is 0 Å². The number of carbonyl (C=O) groups is 1. The zero-order chi connectivity index (χ0) is 17.6. The highest BCUT2D eigenvalue weighted by molar-refractivity contribution is 7.12. The second-order valence-corrected chi connectivity index (χ2v) is 8.82. The van der Waals surface area contributed by atoms with Crippen molar-refractivity contribution in [1.29, 1.82) is 0 Å². The quantitative estimate of drug-likeness (QED) is 0.827. The summed E-state index contributed by atoms with van der Waals surface area (Å²) in [7, 11) is 0. The fourth-order valence-corrected chi connectivity index (χ4v) is 4.95. The molecular weight excluding hydrogens is 328 g/mol. The summed E-state index contributed by atoms with van der Waals surface area (Å²) in [5.74, 6) is 1.07. The first-order valence-corrected chi connectivity index (χ1v) is 10.0. The number of piperazine rings is 1. The Labute approximate surface area is 154 Å². The summed E-state index contributed by atoms with van der Waals surface area (Å²) < 4.78 is 0. The van der Waals surface area contributed by atoms with E-state index in [-0.39, 0.29) is 5.92 Å². The van der Waals surface area contributed by atoms with Gasteiger partial charge in [0.2, 0.25) is 5.91 Å². The molecule has 0 spiro atoms. The molecule has 25 heavy (non-hydrogen) atoms. The molecule has 2 atom stereocenters. The number of anilines is 1. The van der Waals surface area contributed by atoms with Gasteiger partial charge in [-0.1, -0.05) is 12.1 Å². The molecule has 1 saturated heterocycles. The predicted molar refractivity (Wildman–Crippen MR) is 105 cm³/mol. The third-order valence-electron chi connectivity index (χ3n) is 5.53. The van der Waals surface area contributed by atoms with Crippen molar-refractivity contribution in [3.63, 3.8) is 0 Å². The third-order valence-corrected chi connectivity index (χ3v) is 6.66. The number of aryl methyl sites for hydroxylation is 3. The smallest absolute Gasteiger partial charge is 0.226 e. The zero-order valence-corrected chi connectivity index (χ0v) is 16.1. The third kappa shape index (κ3) is 3.32. The molecule has 1 unspecified atom stereocenters. The van der Waals surface area contributed by atoms with Gasteiger partial charge in [-0.05, 0) is 56.5 Å². The summed E-state index contributed by atoms with van der Waals surface area (Å²) in [4.78, 5) is 20.1. The summed E-state index contributed by atoms with van der Waals surface area (Å²) in [5.41, 5.74) is 3.94. The van der Waals surface area contributed by atoms with Crippen LogP contribution in [0.25, 0.3) is 0 Å². The van der Waals surface area contributed by atoms with Crippen molar-refractivity contribution in [3.05, 3.63) is 51.2 Å². The second-order valence-electron chi connectivity index (χ2n) is 7.50. The SMILES string of the molecule is Cc1ccc(C)c(N2CCN(C(=O)[C@H]3CC3c3ccc(C)s3)CC2)c1. The molecule has 132 valence electrons. The van der Waals surface area contributed by atoms with Gasteiger partial charge in [-0.2, -0.15) is 0 Å². The maximum Gasteiger partial charge on any atom is 0.226 e. The van der Waals surface area contributed by atoms with E-state index in [9.17, 15) is 4.79 Å². The van der Waals surface area contributed by atoms with Crippen LogP contribution in [0.1, 0.15) is 33.2 Å². The molecule has 4 rings (SSSR count). The molecular formula is C21H26N2OS. The molecule has 1 aromatic heterocycles. The van der Waals surface area contributed by atoms with E-state index in [0.717, 1.165) is 32.6 Å². The lowest BCUT2D eigenvalue weighted by Gasteiger charge is -2.37. The topological polar surface area (TPSA) is 23.6 Å². The molecule has 3 nitrogen and oxygen atoms in total. The Morgan fingerprint density at radius 2 is 1.80 bits per heavy atom. The van der Waals surface area contributed by atoms with Gasteiger partial charge in [0.25, 0.3) is 0 Å². The lowest BCUT2D eigenvalue weighted by molar-refractivity contribution is -0.132. The molecule has 1 aromatic carbocycles. The Kier molecular flexibility index (Phi) is 4.32. The number of carbonyl (C=O) groups excluding carboxylic acids is 1. The minimum Gasteiger partial charge on any atom is -0.368 e. The summed E-state index contributed by atoms with van der Waals surface area (Å²) in [5, 5.41) is 0. The van der Waals surface area contributed by atoms with Gasteiger partial charge in [-0.3, -0.25) is 4.79 Å². The van der Waals surface area contributed by atoms with Gasteiger partial charge < -0.3 is 9.80 Å². The molecule has 1 aliphatic heterocycles. The monoisotopic (exact) mass is 354 g/mol. The van der Waals surface area contributed by atoms with Gasteiger partial charge in [-0.15, -0.1) is 11.3 Å². The minimum absolute atomic E-state index is 0.227. The molecule has 1 aliphatic carbocycles. The second kappa shape index (κ2) is 6.49. The Hall–Kier alpha value is -1.81. The number of thiophene rings is 1. The van der Waals surface area contributed by atoms with E-state index in [1.54, 1.807) is 0 Å². The average Bonchev–Trinajstić information content (AvgIpc) is 3.30. The van der Waals surface area contributed by atoms with Crippen LogP contribution in [0.15, 0.2) is 30.3 Å². The predicted octanol–water partition coefficient (Wildman–Crippen LogP) is 4.13. The van der Waals surface area contributed by atoms with Crippen LogP contribution in [0.3, 0.4) is 0 Å². The molecule has 2 aromatic rings. The largest absolute Gasteiger partial charge is 0.368 e. The van der Waals surface area contributed by atoms with Crippen LogP contribution in [0.4, 0.5) is 5.69 Å². The highest BCUT2D eigenvalue weighted by Gasteiger charge is 2.46. The van der Waals surface area contributed by atoms with Crippen LogP contribution in [-0.2, 0) is 4.79 Å². The number of benzene rings is 1. The molecule has 0 radical (unpaired) electrons. The minimum atomic E-state index is 0.227. The number of amides is 1. The highest BCUT2D eigenvalue weighted by atomic mass is 32.1. The van der Waals surface area contributed by atoms with Crippen LogP contribution in [-0.4, -0.2) is 37.0 Å². The molecule has 4 heteroatoms. The maximum atomic E-state index is 12.8. The molecule has 2 heterocycles. The maximum absolute atomic E-state index is 12.8.